The quantitative estimate of drug-likeness (QED) is 0.849. The molecular formula is C17H17ClN4. The summed E-state index contributed by atoms with van der Waals surface area (Å²) in [6.07, 6.45) is 6.60. The van der Waals surface area contributed by atoms with E-state index in [0.29, 0.717) is 6.04 Å². The Balaban J connectivity index is 1.67. The highest BCUT2D eigenvalue weighted by Gasteiger charge is 2.36. The number of aromatic nitrogens is 3. The summed E-state index contributed by atoms with van der Waals surface area (Å²) in [5.74, 6) is 1.90. The smallest absolute Gasteiger partial charge is 0.157 e. The molecule has 0 fully saturated rings. The minimum Gasteiger partial charge on any atom is -0.362 e. The van der Waals surface area contributed by atoms with Crippen molar-refractivity contribution >= 4 is 17.7 Å². The van der Waals surface area contributed by atoms with Gasteiger partial charge in [0, 0.05) is 17.3 Å². The molecular weight excluding hydrogens is 296 g/mol. The second-order valence-corrected chi connectivity index (χ2v) is 6.32. The van der Waals surface area contributed by atoms with Gasteiger partial charge in [-0.15, -0.1) is 10.2 Å². The monoisotopic (exact) mass is 312 g/mol. The zero-order valence-corrected chi connectivity index (χ0v) is 13.3. The molecule has 0 amide bonds. The molecule has 0 bridgehead atoms. The van der Waals surface area contributed by atoms with Crippen LogP contribution < -0.4 is 0 Å². The van der Waals surface area contributed by atoms with Gasteiger partial charge in [-0.3, -0.25) is 0 Å². The zero-order chi connectivity index (χ0) is 15.3. The predicted molar refractivity (Wildman–Crippen MR) is 87.4 cm³/mol. The van der Waals surface area contributed by atoms with Gasteiger partial charge in [-0.1, -0.05) is 29.8 Å². The molecule has 0 aliphatic carbocycles. The number of fused-ring (bicyclic) bond motifs is 3. The van der Waals surface area contributed by atoms with Crippen molar-refractivity contribution in [2.24, 2.45) is 0 Å². The average Bonchev–Trinajstić information content (AvgIpc) is 3.01. The average molecular weight is 313 g/mol. The van der Waals surface area contributed by atoms with Crippen molar-refractivity contribution in [1.29, 1.82) is 0 Å². The summed E-state index contributed by atoms with van der Waals surface area (Å²) in [4.78, 5) is 2.41. The van der Waals surface area contributed by atoms with Crippen molar-refractivity contribution in [3.63, 3.8) is 0 Å². The number of benzene rings is 1. The molecule has 0 saturated heterocycles. The van der Waals surface area contributed by atoms with Crippen molar-refractivity contribution in [3.05, 3.63) is 64.3 Å². The fourth-order valence-electron chi connectivity index (χ4n) is 3.42. The molecule has 2 atom stereocenters. The molecule has 3 heterocycles. The van der Waals surface area contributed by atoms with E-state index >= 15 is 0 Å². The Labute approximate surface area is 134 Å². The Kier molecular flexibility index (Phi) is 3.08. The lowest BCUT2D eigenvalue weighted by atomic mass is 10.1. The lowest BCUT2D eigenvalue weighted by Gasteiger charge is -2.32. The molecule has 1 aromatic heterocycles. The molecule has 1 aromatic carbocycles. The van der Waals surface area contributed by atoms with Crippen molar-refractivity contribution in [2.45, 2.75) is 32.5 Å². The fraction of sp³-hybridized carbons (Fsp3) is 0.294. The first-order valence-electron chi connectivity index (χ1n) is 7.43. The summed E-state index contributed by atoms with van der Waals surface area (Å²) < 4.78 is 2.21. The molecule has 2 aromatic rings. The summed E-state index contributed by atoms with van der Waals surface area (Å²) in [6.45, 7) is 5.02. The van der Waals surface area contributed by atoms with Crippen LogP contribution in [0.1, 0.15) is 30.2 Å². The maximum atomic E-state index is 6.11. The molecule has 22 heavy (non-hydrogen) atoms. The fourth-order valence-corrected chi connectivity index (χ4v) is 3.63. The van der Waals surface area contributed by atoms with Crippen molar-refractivity contribution in [3.8, 4) is 0 Å². The molecule has 0 saturated carbocycles. The van der Waals surface area contributed by atoms with E-state index < -0.39 is 0 Å². The Morgan fingerprint density at radius 2 is 2.05 bits per heavy atom. The van der Waals surface area contributed by atoms with Gasteiger partial charge in [0.05, 0.1) is 12.1 Å². The summed E-state index contributed by atoms with van der Waals surface area (Å²) in [5.41, 5.74) is 2.50. The van der Waals surface area contributed by atoms with Crippen LogP contribution in [0.25, 0.3) is 6.08 Å². The Hall–Kier alpha value is -2.07. The third-order valence-electron chi connectivity index (χ3n) is 4.45. The largest absolute Gasteiger partial charge is 0.362 e. The zero-order valence-electron chi connectivity index (χ0n) is 12.6. The second-order valence-electron chi connectivity index (χ2n) is 5.88. The van der Waals surface area contributed by atoms with Crippen LogP contribution in [-0.4, -0.2) is 25.7 Å². The Bertz CT molecular complexity index is 790. The molecule has 2 unspecified atom stereocenters. The van der Waals surface area contributed by atoms with Gasteiger partial charge in [-0.2, -0.15) is 0 Å². The van der Waals surface area contributed by atoms with E-state index in [1.807, 2.05) is 25.1 Å². The van der Waals surface area contributed by atoms with Gasteiger partial charge in [0.15, 0.2) is 5.82 Å². The van der Waals surface area contributed by atoms with Gasteiger partial charge >= 0.3 is 0 Å². The highest BCUT2D eigenvalue weighted by Crippen LogP contribution is 2.37. The first kappa shape index (κ1) is 13.6. The van der Waals surface area contributed by atoms with Crippen LogP contribution >= 0.6 is 11.6 Å². The minimum atomic E-state index is 0.272. The maximum Gasteiger partial charge on any atom is 0.157 e. The Morgan fingerprint density at radius 3 is 2.86 bits per heavy atom. The van der Waals surface area contributed by atoms with E-state index in [4.69, 9.17) is 11.6 Å². The molecule has 2 aliphatic heterocycles. The van der Waals surface area contributed by atoms with E-state index in [1.54, 1.807) is 0 Å². The number of aryl methyl sites for hydroxylation is 1. The van der Waals surface area contributed by atoms with Gasteiger partial charge in [0.1, 0.15) is 5.82 Å². The summed E-state index contributed by atoms with van der Waals surface area (Å²) >= 11 is 6.11. The Morgan fingerprint density at radius 1 is 1.18 bits per heavy atom. The molecule has 0 radical (unpaired) electrons. The van der Waals surface area contributed by atoms with E-state index in [1.165, 1.54) is 11.3 Å². The third-order valence-corrected chi connectivity index (χ3v) is 4.69. The first-order chi connectivity index (χ1) is 10.6. The van der Waals surface area contributed by atoms with Crippen LogP contribution in [0.3, 0.4) is 0 Å². The topological polar surface area (TPSA) is 34.0 Å². The van der Waals surface area contributed by atoms with E-state index in [0.717, 1.165) is 23.2 Å². The van der Waals surface area contributed by atoms with Crippen LogP contribution in [0.15, 0.2) is 42.1 Å². The predicted octanol–water partition coefficient (Wildman–Crippen LogP) is 3.60. The highest BCUT2D eigenvalue weighted by molar-refractivity contribution is 6.30. The van der Waals surface area contributed by atoms with Crippen LogP contribution in [-0.2, 0) is 6.54 Å². The van der Waals surface area contributed by atoms with Crippen molar-refractivity contribution in [1.82, 2.24) is 19.7 Å². The lowest BCUT2D eigenvalue weighted by molar-refractivity contribution is 0.269. The first-order valence-corrected chi connectivity index (χ1v) is 7.80. The standard InChI is InChI=1S/C17H17ClN4/c1-11-8-16-15(6-7-17-20-19-12(2)22(16)17)21(11)10-13-4-3-5-14(18)9-13/h3-9,15-16H,10H2,1-2H3. The summed E-state index contributed by atoms with van der Waals surface area (Å²) in [6, 6.07) is 8.64. The van der Waals surface area contributed by atoms with Crippen LogP contribution in [0.4, 0.5) is 0 Å². The van der Waals surface area contributed by atoms with Gasteiger partial charge < -0.3 is 9.47 Å². The highest BCUT2D eigenvalue weighted by atomic mass is 35.5. The lowest BCUT2D eigenvalue weighted by Crippen LogP contribution is -2.35. The molecule has 0 N–H and O–H groups in total. The molecule has 4 nitrogen and oxygen atoms in total. The third kappa shape index (κ3) is 2.06. The number of allylic oxidation sites excluding steroid dienone is 1. The van der Waals surface area contributed by atoms with Crippen molar-refractivity contribution < 1.29 is 0 Å². The van der Waals surface area contributed by atoms with E-state index in [2.05, 4.69) is 50.9 Å². The van der Waals surface area contributed by atoms with E-state index in [-0.39, 0.29) is 6.04 Å². The van der Waals surface area contributed by atoms with E-state index in [9.17, 15) is 0 Å². The molecule has 112 valence electrons. The maximum absolute atomic E-state index is 6.11. The number of rotatable bonds is 2. The van der Waals surface area contributed by atoms with Gasteiger partial charge in [-0.25, -0.2) is 0 Å². The number of hydrogen-bond donors (Lipinski definition) is 0. The normalized spacial score (nSPS) is 22.5. The molecule has 2 aliphatic rings. The van der Waals surface area contributed by atoms with Gasteiger partial charge in [0.2, 0.25) is 0 Å². The van der Waals surface area contributed by atoms with Crippen LogP contribution in [0, 0.1) is 6.92 Å². The summed E-state index contributed by atoms with van der Waals surface area (Å²) in [5, 5.41) is 9.21. The summed E-state index contributed by atoms with van der Waals surface area (Å²) in [7, 11) is 0. The minimum absolute atomic E-state index is 0.272. The SMILES string of the molecule is CC1=CC2C(C=Cc3nnc(C)n32)N1Cc1cccc(Cl)c1. The van der Waals surface area contributed by atoms with Crippen molar-refractivity contribution in [2.75, 3.05) is 0 Å². The molecule has 0 spiro atoms. The van der Waals surface area contributed by atoms with Gasteiger partial charge in [0.25, 0.3) is 0 Å². The number of hydrogen-bond acceptors (Lipinski definition) is 3. The second kappa shape index (κ2) is 4.99. The van der Waals surface area contributed by atoms with Crippen LogP contribution in [0.2, 0.25) is 5.02 Å². The van der Waals surface area contributed by atoms with Crippen LogP contribution in [0.5, 0.6) is 0 Å². The molecule has 4 rings (SSSR count). The van der Waals surface area contributed by atoms with Gasteiger partial charge in [-0.05, 0) is 43.7 Å². The number of halogens is 1. The number of nitrogens with zero attached hydrogens (tertiary/aromatic N) is 4. The molecule has 5 heteroatoms.